The fourth-order valence-electron chi connectivity index (χ4n) is 3.64. The van der Waals surface area contributed by atoms with Gasteiger partial charge in [0.1, 0.15) is 0 Å². The molecule has 0 amide bonds. The monoisotopic (exact) mass is 309 g/mol. The molecular formula is C20H23NO2. The number of hydrogen-bond acceptors (Lipinski definition) is 2. The highest BCUT2D eigenvalue weighted by Crippen LogP contribution is 2.35. The van der Waals surface area contributed by atoms with Crippen molar-refractivity contribution >= 4 is 5.97 Å². The molecule has 2 aromatic rings. The first kappa shape index (κ1) is 15.8. The minimum Gasteiger partial charge on any atom is -0.481 e. The summed E-state index contributed by atoms with van der Waals surface area (Å²) in [4.78, 5) is 14.0. The van der Waals surface area contributed by atoms with E-state index in [9.17, 15) is 9.90 Å². The van der Waals surface area contributed by atoms with Gasteiger partial charge in [-0.25, -0.2) is 0 Å². The van der Waals surface area contributed by atoms with E-state index in [1.54, 1.807) is 0 Å². The fraction of sp³-hybridized carbons (Fsp3) is 0.350. The molecule has 0 saturated carbocycles. The van der Waals surface area contributed by atoms with Crippen LogP contribution in [0.4, 0.5) is 0 Å². The molecule has 2 aromatic carbocycles. The van der Waals surface area contributed by atoms with Crippen LogP contribution >= 0.6 is 0 Å². The van der Waals surface area contributed by atoms with E-state index in [2.05, 4.69) is 36.1 Å². The van der Waals surface area contributed by atoms with Gasteiger partial charge in [-0.1, -0.05) is 61.5 Å². The molecule has 1 N–H and O–H groups in total. The van der Waals surface area contributed by atoms with Crippen molar-refractivity contribution in [1.29, 1.82) is 0 Å². The Bertz CT molecular complexity index is 668. The lowest BCUT2D eigenvalue weighted by Crippen LogP contribution is -2.23. The van der Waals surface area contributed by atoms with E-state index in [-0.39, 0.29) is 11.8 Å². The van der Waals surface area contributed by atoms with Gasteiger partial charge in [-0.15, -0.1) is 0 Å². The zero-order valence-electron chi connectivity index (χ0n) is 13.5. The number of carbonyl (C=O) groups is 1. The molecule has 0 radical (unpaired) electrons. The Morgan fingerprint density at radius 2 is 1.78 bits per heavy atom. The van der Waals surface area contributed by atoms with Crippen LogP contribution in [0.1, 0.15) is 29.5 Å². The number of carboxylic acids is 1. The topological polar surface area (TPSA) is 40.5 Å². The van der Waals surface area contributed by atoms with Crippen molar-refractivity contribution in [1.82, 2.24) is 4.90 Å². The second-order valence-corrected chi connectivity index (χ2v) is 6.28. The van der Waals surface area contributed by atoms with Crippen LogP contribution in [0, 0.1) is 5.92 Å². The van der Waals surface area contributed by atoms with Gasteiger partial charge in [0.25, 0.3) is 0 Å². The average molecular weight is 309 g/mol. The summed E-state index contributed by atoms with van der Waals surface area (Å²) in [5, 5.41) is 9.67. The first-order chi connectivity index (χ1) is 11.2. The van der Waals surface area contributed by atoms with Gasteiger partial charge in [0, 0.05) is 25.6 Å². The molecule has 0 aliphatic carbocycles. The zero-order valence-corrected chi connectivity index (χ0v) is 13.5. The molecule has 3 nitrogen and oxygen atoms in total. The number of nitrogens with zero attached hydrogens (tertiary/aromatic N) is 1. The van der Waals surface area contributed by atoms with E-state index in [0.29, 0.717) is 6.54 Å². The molecule has 0 bridgehead atoms. The maximum Gasteiger partial charge on any atom is 0.308 e. The summed E-state index contributed by atoms with van der Waals surface area (Å²) in [6, 6.07) is 18.6. The van der Waals surface area contributed by atoms with Crippen LogP contribution in [-0.2, 0) is 17.8 Å². The van der Waals surface area contributed by atoms with Crippen molar-refractivity contribution < 1.29 is 9.90 Å². The van der Waals surface area contributed by atoms with Gasteiger partial charge >= 0.3 is 5.97 Å². The Morgan fingerprint density at radius 3 is 2.48 bits per heavy atom. The van der Waals surface area contributed by atoms with Crippen LogP contribution in [0.3, 0.4) is 0 Å². The number of likely N-dealkylation sites (tertiary alicyclic amines) is 1. The fourth-order valence-corrected chi connectivity index (χ4v) is 3.64. The number of aryl methyl sites for hydroxylation is 1. The Morgan fingerprint density at radius 1 is 1.09 bits per heavy atom. The summed E-state index contributed by atoms with van der Waals surface area (Å²) < 4.78 is 0. The largest absolute Gasteiger partial charge is 0.481 e. The summed E-state index contributed by atoms with van der Waals surface area (Å²) >= 11 is 0. The van der Waals surface area contributed by atoms with Crippen LogP contribution < -0.4 is 0 Å². The molecule has 0 spiro atoms. The molecule has 1 saturated heterocycles. The Labute approximate surface area is 137 Å². The number of benzene rings is 2. The van der Waals surface area contributed by atoms with Crippen LogP contribution in [0.5, 0.6) is 0 Å². The molecule has 0 aromatic heterocycles. The third kappa shape index (κ3) is 3.45. The van der Waals surface area contributed by atoms with Crippen molar-refractivity contribution in [2.45, 2.75) is 25.8 Å². The Balaban J connectivity index is 1.83. The highest BCUT2D eigenvalue weighted by atomic mass is 16.4. The van der Waals surface area contributed by atoms with Gasteiger partial charge in [-0.2, -0.15) is 0 Å². The van der Waals surface area contributed by atoms with Crippen molar-refractivity contribution in [2.24, 2.45) is 5.92 Å². The van der Waals surface area contributed by atoms with Crippen LogP contribution in [0.2, 0.25) is 0 Å². The maximum atomic E-state index is 11.8. The first-order valence-electron chi connectivity index (χ1n) is 8.26. The number of aliphatic carboxylic acids is 1. The third-order valence-electron chi connectivity index (χ3n) is 4.80. The highest BCUT2D eigenvalue weighted by molar-refractivity contribution is 5.72. The van der Waals surface area contributed by atoms with E-state index in [1.807, 2.05) is 30.3 Å². The van der Waals surface area contributed by atoms with E-state index < -0.39 is 5.97 Å². The van der Waals surface area contributed by atoms with Gasteiger partial charge in [0.2, 0.25) is 0 Å². The van der Waals surface area contributed by atoms with Crippen molar-refractivity contribution in [3.05, 3.63) is 71.3 Å². The SMILES string of the molecule is CCc1ccccc1[C@H]1CN(Cc2ccccc2)C[C@@H]1C(=O)O. The van der Waals surface area contributed by atoms with Crippen LogP contribution in [-0.4, -0.2) is 29.1 Å². The third-order valence-corrected chi connectivity index (χ3v) is 4.80. The molecule has 23 heavy (non-hydrogen) atoms. The number of rotatable bonds is 5. The van der Waals surface area contributed by atoms with E-state index in [4.69, 9.17) is 0 Å². The molecule has 1 heterocycles. The highest BCUT2D eigenvalue weighted by Gasteiger charge is 2.39. The van der Waals surface area contributed by atoms with Gasteiger partial charge in [-0.05, 0) is 23.1 Å². The van der Waals surface area contributed by atoms with Crippen molar-refractivity contribution in [3.63, 3.8) is 0 Å². The average Bonchev–Trinajstić information content (AvgIpc) is 2.99. The number of hydrogen-bond donors (Lipinski definition) is 1. The van der Waals surface area contributed by atoms with E-state index in [0.717, 1.165) is 19.5 Å². The normalized spacial score (nSPS) is 21.4. The lowest BCUT2D eigenvalue weighted by atomic mass is 9.85. The van der Waals surface area contributed by atoms with Crippen molar-refractivity contribution in [2.75, 3.05) is 13.1 Å². The molecular weight excluding hydrogens is 286 g/mol. The summed E-state index contributed by atoms with van der Waals surface area (Å²) in [6.45, 7) is 4.37. The molecule has 3 heteroatoms. The van der Waals surface area contributed by atoms with Crippen molar-refractivity contribution in [3.8, 4) is 0 Å². The summed E-state index contributed by atoms with van der Waals surface area (Å²) in [6.07, 6.45) is 0.942. The van der Waals surface area contributed by atoms with Gasteiger partial charge in [-0.3, -0.25) is 9.69 Å². The molecule has 120 valence electrons. The number of carboxylic acid groups (broad SMARTS) is 1. The van der Waals surface area contributed by atoms with Gasteiger partial charge < -0.3 is 5.11 Å². The molecule has 3 rings (SSSR count). The maximum absolute atomic E-state index is 11.8. The minimum atomic E-state index is -0.684. The standard InChI is InChI=1S/C20H23NO2/c1-2-16-10-6-7-11-17(16)18-13-21(14-19(18)20(22)23)12-15-8-4-3-5-9-15/h3-11,18-19H,2,12-14H2,1H3,(H,22,23)/t18-,19+/m1/s1. The predicted molar refractivity (Wildman–Crippen MR) is 91.4 cm³/mol. The zero-order chi connectivity index (χ0) is 16.2. The molecule has 1 aliphatic heterocycles. The lowest BCUT2D eigenvalue weighted by molar-refractivity contribution is -0.141. The second-order valence-electron chi connectivity index (χ2n) is 6.28. The van der Waals surface area contributed by atoms with Crippen LogP contribution in [0.25, 0.3) is 0 Å². The lowest BCUT2D eigenvalue weighted by Gasteiger charge is -2.19. The summed E-state index contributed by atoms with van der Waals surface area (Å²) in [7, 11) is 0. The molecule has 1 aliphatic rings. The van der Waals surface area contributed by atoms with E-state index >= 15 is 0 Å². The van der Waals surface area contributed by atoms with Crippen LogP contribution in [0.15, 0.2) is 54.6 Å². The quantitative estimate of drug-likeness (QED) is 0.918. The summed E-state index contributed by atoms with van der Waals surface area (Å²) in [5.74, 6) is -0.935. The van der Waals surface area contributed by atoms with E-state index in [1.165, 1.54) is 16.7 Å². The Hall–Kier alpha value is -2.13. The minimum absolute atomic E-state index is 0.0763. The predicted octanol–water partition coefficient (Wildman–Crippen LogP) is 3.55. The smallest absolute Gasteiger partial charge is 0.308 e. The van der Waals surface area contributed by atoms with Gasteiger partial charge in [0.05, 0.1) is 5.92 Å². The molecule has 2 atom stereocenters. The molecule has 0 unspecified atom stereocenters. The van der Waals surface area contributed by atoms with Gasteiger partial charge in [0.15, 0.2) is 0 Å². The first-order valence-corrected chi connectivity index (χ1v) is 8.26. The second kappa shape index (κ2) is 6.97. The summed E-state index contributed by atoms with van der Waals surface area (Å²) in [5.41, 5.74) is 3.71. The molecule has 1 fully saturated rings. The Kier molecular flexibility index (Phi) is 4.77.